The van der Waals surface area contributed by atoms with Gasteiger partial charge in [0.05, 0.1) is 0 Å². The monoisotopic (exact) mass is 711 g/mol. The summed E-state index contributed by atoms with van der Waals surface area (Å²) in [5.41, 5.74) is 5.15. The number of fused-ring (bicyclic) bond motifs is 8. The van der Waals surface area contributed by atoms with E-state index in [0.29, 0.717) is 51.6 Å². The molecule has 0 aromatic rings. The van der Waals surface area contributed by atoms with E-state index in [1.54, 1.807) is 11.1 Å². The van der Waals surface area contributed by atoms with E-state index in [4.69, 9.17) is 0 Å². The molecule has 16 atom stereocenters. The molecule has 16 unspecified atom stereocenters. The lowest BCUT2D eigenvalue weighted by Crippen LogP contribution is -2.53. The molecule has 8 aliphatic carbocycles. The van der Waals surface area contributed by atoms with Crippen LogP contribution in [0.5, 0.6) is 0 Å². The van der Waals surface area contributed by atoms with Crippen molar-refractivity contribution in [2.45, 2.75) is 155 Å². The second-order valence-corrected chi connectivity index (χ2v) is 22.2. The molecule has 5 heteroatoms. The van der Waals surface area contributed by atoms with Crippen LogP contribution in [0.15, 0.2) is 23.3 Å². The third-order valence-corrected chi connectivity index (χ3v) is 20.8. The van der Waals surface area contributed by atoms with Crippen molar-refractivity contribution in [2.75, 3.05) is 41.3 Å². The molecular weight excluding hydrogens is 637 g/mol. The molecule has 2 amide bonds. The van der Waals surface area contributed by atoms with Crippen LogP contribution in [0.25, 0.3) is 0 Å². The van der Waals surface area contributed by atoms with Crippen molar-refractivity contribution in [1.29, 1.82) is 0 Å². The molecule has 2 aliphatic heterocycles. The molecule has 2 saturated heterocycles. The van der Waals surface area contributed by atoms with Crippen molar-refractivity contribution < 1.29 is 4.79 Å². The molecule has 0 N–H and O–H groups in total. The highest BCUT2D eigenvalue weighted by Gasteiger charge is 2.68. The van der Waals surface area contributed by atoms with Gasteiger partial charge in [-0.15, -0.1) is 0 Å². The van der Waals surface area contributed by atoms with Gasteiger partial charge >= 0.3 is 6.03 Å². The van der Waals surface area contributed by atoms with E-state index in [-0.39, 0.29) is 0 Å². The molecule has 6 saturated carbocycles. The fourth-order valence-electron chi connectivity index (χ4n) is 17.9. The highest BCUT2D eigenvalue weighted by molar-refractivity contribution is 5.76. The topological polar surface area (TPSA) is 30.0 Å². The second kappa shape index (κ2) is 11.8. The van der Waals surface area contributed by atoms with E-state index in [9.17, 15) is 0 Å². The van der Waals surface area contributed by atoms with E-state index in [1.807, 2.05) is 0 Å². The first-order chi connectivity index (χ1) is 24.8. The van der Waals surface area contributed by atoms with Gasteiger partial charge in [-0.25, -0.2) is 4.79 Å². The second-order valence-electron chi connectivity index (χ2n) is 22.2. The lowest BCUT2D eigenvalue weighted by molar-refractivity contribution is -0.0444. The van der Waals surface area contributed by atoms with Crippen LogP contribution in [-0.4, -0.2) is 91.1 Å². The van der Waals surface area contributed by atoms with Gasteiger partial charge in [0, 0.05) is 37.3 Å². The van der Waals surface area contributed by atoms with Crippen molar-refractivity contribution >= 4 is 6.03 Å². The molecule has 0 bridgehead atoms. The van der Waals surface area contributed by atoms with Crippen LogP contribution >= 0.6 is 0 Å². The number of hydrogen-bond acceptors (Lipinski definition) is 3. The van der Waals surface area contributed by atoms with E-state index in [1.165, 1.54) is 103 Å². The maximum atomic E-state index is 15.1. The molecule has 8 fully saturated rings. The fraction of sp³-hybridized carbons (Fsp3) is 0.894. The molecule has 2 spiro atoms. The van der Waals surface area contributed by atoms with Gasteiger partial charge in [0.25, 0.3) is 0 Å². The minimum absolute atomic E-state index is 0.365. The Bertz CT molecular complexity index is 1420. The van der Waals surface area contributed by atoms with Crippen molar-refractivity contribution in [3.05, 3.63) is 23.3 Å². The zero-order chi connectivity index (χ0) is 36.1. The third-order valence-electron chi connectivity index (χ3n) is 20.8. The summed E-state index contributed by atoms with van der Waals surface area (Å²) in [7, 11) is 9.15. The minimum atomic E-state index is 0.365. The first-order valence-corrected chi connectivity index (χ1v) is 22.6. The van der Waals surface area contributed by atoms with Gasteiger partial charge in [0.1, 0.15) is 0 Å². The van der Waals surface area contributed by atoms with Crippen molar-refractivity contribution in [3.8, 4) is 0 Å². The van der Waals surface area contributed by atoms with Gasteiger partial charge in [0.2, 0.25) is 0 Å². The van der Waals surface area contributed by atoms with Crippen LogP contribution in [0.4, 0.5) is 4.79 Å². The third kappa shape index (κ3) is 4.51. The zero-order valence-electron chi connectivity index (χ0n) is 34.5. The summed E-state index contributed by atoms with van der Waals surface area (Å²) in [6, 6.07) is 2.67. The predicted octanol–water partition coefficient (Wildman–Crippen LogP) is 9.49. The zero-order valence-corrected chi connectivity index (χ0v) is 34.5. The molecule has 2 heterocycles. The van der Waals surface area contributed by atoms with E-state index < -0.39 is 0 Å². The smallest absolute Gasteiger partial charge is 0.320 e. The van der Waals surface area contributed by atoms with Crippen molar-refractivity contribution in [2.24, 2.45) is 69.0 Å². The van der Waals surface area contributed by atoms with Gasteiger partial charge in [-0.3, -0.25) is 0 Å². The van der Waals surface area contributed by atoms with Gasteiger partial charge in [0.15, 0.2) is 0 Å². The maximum absolute atomic E-state index is 15.1. The Morgan fingerprint density at radius 1 is 0.577 bits per heavy atom. The highest BCUT2D eigenvalue weighted by Crippen LogP contribution is 2.71. The molecule has 288 valence electrons. The number of allylic oxidation sites excluding steroid dienone is 2. The van der Waals surface area contributed by atoms with Gasteiger partial charge in [-0.05, 0) is 214 Å². The lowest BCUT2D eigenvalue weighted by atomic mass is 9.47. The average Bonchev–Trinajstić information content (AvgIpc) is 3.84. The largest absolute Gasteiger partial charge is 0.321 e. The number of nitrogens with zero attached hydrogens (tertiary/aromatic N) is 4. The summed E-state index contributed by atoms with van der Waals surface area (Å²) in [6.45, 7) is 12.4. The summed E-state index contributed by atoms with van der Waals surface area (Å²) < 4.78 is 0. The summed E-state index contributed by atoms with van der Waals surface area (Å²) in [4.78, 5) is 25.0. The van der Waals surface area contributed by atoms with Gasteiger partial charge in [-0.1, -0.05) is 37.1 Å². The number of likely N-dealkylation sites (tertiary alicyclic amines) is 2. The molecule has 5 nitrogen and oxygen atoms in total. The average molecular weight is 711 g/mol. The molecule has 0 radical (unpaired) electrons. The predicted molar refractivity (Wildman–Crippen MR) is 212 cm³/mol. The Morgan fingerprint density at radius 2 is 0.981 bits per heavy atom. The number of carbonyl (C=O) groups excluding carboxylic acids is 1. The van der Waals surface area contributed by atoms with Crippen LogP contribution in [0.3, 0.4) is 0 Å². The molecule has 0 aromatic carbocycles. The Balaban J connectivity index is 0.871. The molecular formula is C47H74N4O. The Labute approximate surface area is 317 Å². The maximum Gasteiger partial charge on any atom is 0.320 e. The van der Waals surface area contributed by atoms with E-state index >= 15 is 4.79 Å². The number of carbonyl (C=O) groups is 1. The Morgan fingerprint density at radius 3 is 1.38 bits per heavy atom. The summed E-state index contributed by atoms with van der Waals surface area (Å²) in [5, 5.41) is 0. The van der Waals surface area contributed by atoms with Crippen molar-refractivity contribution in [1.82, 2.24) is 19.6 Å². The van der Waals surface area contributed by atoms with Crippen LogP contribution in [0.2, 0.25) is 0 Å². The van der Waals surface area contributed by atoms with Crippen LogP contribution < -0.4 is 0 Å². The van der Waals surface area contributed by atoms with Crippen molar-refractivity contribution in [3.63, 3.8) is 0 Å². The first kappa shape index (κ1) is 35.1. The molecule has 0 aromatic heterocycles. The van der Waals surface area contributed by atoms with E-state index in [0.717, 1.165) is 60.7 Å². The minimum Gasteiger partial charge on any atom is -0.321 e. The molecule has 52 heavy (non-hydrogen) atoms. The van der Waals surface area contributed by atoms with Gasteiger partial charge in [-0.2, -0.15) is 0 Å². The van der Waals surface area contributed by atoms with Crippen LogP contribution in [0, 0.1) is 69.0 Å². The quantitative estimate of drug-likeness (QED) is 0.268. The van der Waals surface area contributed by atoms with Crippen LogP contribution in [-0.2, 0) is 0 Å². The normalized spacial score (nSPS) is 53.3. The summed E-state index contributed by atoms with van der Waals surface area (Å²) in [5.74, 6) is 6.39. The fourth-order valence-corrected chi connectivity index (χ4v) is 17.9. The SMILES string of the molecule is CC1C2CCC3C4CC=C5CC(N(C)C)CCC5(C)C4CCC32CN1C(=O)N1CC23CCC4C(CC=C5CC(N(C)C)CCC54C)C2CCC3C1C. The Hall–Kier alpha value is -1.33. The number of urea groups is 1. The van der Waals surface area contributed by atoms with Gasteiger partial charge < -0.3 is 19.6 Å². The standard InChI is InChI=1S/C47H74N4O/c1-29-37-13-15-41-35-11-9-31-25-33(48(5)6)17-21-44(31,3)39(35)19-23-46(37,41)27-50(29)43(52)51-28-47-24-20-40-36(42(47)16-14-38(47)30(51)2)12-10-32-26-34(49(7)8)18-22-45(32,40)4/h9-10,29-30,33-42H,11-28H2,1-8H3. The summed E-state index contributed by atoms with van der Waals surface area (Å²) >= 11 is 0. The number of amides is 2. The Kier molecular flexibility index (Phi) is 8.00. The number of rotatable bonds is 2. The molecule has 10 aliphatic rings. The van der Waals surface area contributed by atoms with E-state index in [2.05, 4.69) is 87.6 Å². The van der Waals surface area contributed by atoms with Crippen LogP contribution in [0.1, 0.15) is 130 Å². The molecule has 10 rings (SSSR count). The lowest BCUT2D eigenvalue weighted by Gasteiger charge is -2.58. The highest BCUT2D eigenvalue weighted by atomic mass is 16.2. The summed E-state index contributed by atoms with van der Waals surface area (Å²) in [6.07, 6.45) is 27.2. The first-order valence-electron chi connectivity index (χ1n) is 22.6. The number of hydrogen-bond donors (Lipinski definition) is 0.